The number of carbonyl (C=O) groups is 2. The van der Waals surface area contributed by atoms with Gasteiger partial charge in [0.25, 0.3) is 5.91 Å². The molecule has 5 nitrogen and oxygen atoms in total. The fourth-order valence-corrected chi connectivity index (χ4v) is 1.93. The molecule has 0 radical (unpaired) electrons. The SMILES string of the molecule is COCC(C)NC(=O)c1cccc(NC(=O)C2CC2)c1. The molecule has 0 heterocycles. The molecule has 2 amide bonds. The number of ether oxygens (including phenoxy) is 1. The predicted molar refractivity (Wildman–Crippen MR) is 76.6 cm³/mol. The van der Waals surface area contributed by atoms with Crippen LogP contribution in [0.3, 0.4) is 0 Å². The van der Waals surface area contributed by atoms with Crippen molar-refractivity contribution in [1.82, 2.24) is 5.32 Å². The standard InChI is InChI=1S/C15H20N2O3/c1-10(9-20-2)16-15(19)12-4-3-5-13(8-12)17-14(18)11-6-7-11/h3-5,8,10-11H,6-7,9H2,1-2H3,(H,16,19)(H,17,18). The van der Waals surface area contributed by atoms with E-state index in [0.717, 1.165) is 12.8 Å². The summed E-state index contributed by atoms with van der Waals surface area (Å²) in [5.41, 5.74) is 1.19. The molecule has 108 valence electrons. The molecule has 0 aliphatic heterocycles. The highest BCUT2D eigenvalue weighted by atomic mass is 16.5. The van der Waals surface area contributed by atoms with Crippen molar-refractivity contribution in [2.24, 2.45) is 5.92 Å². The van der Waals surface area contributed by atoms with Crippen molar-refractivity contribution in [1.29, 1.82) is 0 Å². The first-order valence-corrected chi connectivity index (χ1v) is 6.81. The molecule has 5 heteroatoms. The average molecular weight is 276 g/mol. The number of rotatable bonds is 6. The van der Waals surface area contributed by atoms with Crippen LogP contribution < -0.4 is 10.6 Å². The zero-order valence-electron chi connectivity index (χ0n) is 11.8. The maximum absolute atomic E-state index is 12.0. The molecule has 1 unspecified atom stereocenters. The first-order valence-electron chi connectivity index (χ1n) is 6.81. The van der Waals surface area contributed by atoms with Crippen molar-refractivity contribution < 1.29 is 14.3 Å². The van der Waals surface area contributed by atoms with Crippen LogP contribution in [0.25, 0.3) is 0 Å². The number of methoxy groups -OCH3 is 1. The summed E-state index contributed by atoms with van der Waals surface area (Å²) >= 11 is 0. The lowest BCUT2D eigenvalue weighted by Crippen LogP contribution is -2.35. The number of nitrogens with one attached hydrogen (secondary N) is 2. The molecule has 2 rings (SSSR count). The third-order valence-electron chi connectivity index (χ3n) is 3.13. The van der Waals surface area contributed by atoms with Crippen molar-refractivity contribution in [3.05, 3.63) is 29.8 Å². The number of amides is 2. The minimum atomic E-state index is -0.169. The second kappa shape index (κ2) is 6.52. The summed E-state index contributed by atoms with van der Waals surface area (Å²) in [5, 5.41) is 5.67. The number of hydrogen-bond acceptors (Lipinski definition) is 3. The summed E-state index contributed by atoms with van der Waals surface area (Å²) in [6.07, 6.45) is 1.92. The summed E-state index contributed by atoms with van der Waals surface area (Å²) in [5.74, 6) is 0.0154. The van der Waals surface area contributed by atoms with Crippen LogP contribution in [-0.2, 0) is 9.53 Å². The van der Waals surface area contributed by atoms with Crippen molar-refractivity contribution in [2.45, 2.75) is 25.8 Å². The minimum absolute atomic E-state index is 0.0373. The van der Waals surface area contributed by atoms with Gasteiger partial charge in [0.15, 0.2) is 0 Å². The third kappa shape index (κ3) is 4.06. The second-order valence-electron chi connectivity index (χ2n) is 5.17. The fraction of sp³-hybridized carbons (Fsp3) is 0.467. The highest BCUT2D eigenvalue weighted by molar-refractivity contribution is 5.98. The molecule has 1 saturated carbocycles. The molecule has 0 aromatic heterocycles. The van der Waals surface area contributed by atoms with Gasteiger partial charge in [-0.2, -0.15) is 0 Å². The lowest BCUT2D eigenvalue weighted by molar-refractivity contribution is -0.117. The van der Waals surface area contributed by atoms with E-state index in [2.05, 4.69) is 10.6 Å². The normalized spacial score (nSPS) is 15.5. The van der Waals surface area contributed by atoms with Gasteiger partial charge in [0.1, 0.15) is 0 Å². The Bertz CT molecular complexity index is 498. The minimum Gasteiger partial charge on any atom is -0.383 e. The van der Waals surface area contributed by atoms with Crippen LogP contribution in [0.5, 0.6) is 0 Å². The number of hydrogen-bond donors (Lipinski definition) is 2. The van der Waals surface area contributed by atoms with E-state index in [1.165, 1.54) is 0 Å². The zero-order valence-corrected chi connectivity index (χ0v) is 11.8. The largest absolute Gasteiger partial charge is 0.383 e. The molecule has 1 aliphatic rings. The molecule has 20 heavy (non-hydrogen) atoms. The van der Waals surface area contributed by atoms with Gasteiger partial charge in [0.2, 0.25) is 5.91 Å². The third-order valence-corrected chi connectivity index (χ3v) is 3.13. The highest BCUT2D eigenvalue weighted by Gasteiger charge is 2.29. The lowest BCUT2D eigenvalue weighted by Gasteiger charge is -2.13. The van der Waals surface area contributed by atoms with Gasteiger partial charge in [-0.1, -0.05) is 6.07 Å². The van der Waals surface area contributed by atoms with Crippen molar-refractivity contribution >= 4 is 17.5 Å². The van der Waals surface area contributed by atoms with E-state index in [-0.39, 0.29) is 23.8 Å². The van der Waals surface area contributed by atoms with Crippen LogP contribution in [0.2, 0.25) is 0 Å². The van der Waals surface area contributed by atoms with Crippen molar-refractivity contribution in [3.63, 3.8) is 0 Å². The van der Waals surface area contributed by atoms with E-state index in [9.17, 15) is 9.59 Å². The van der Waals surface area contributed by atoms with Gasteiger partial charge in [-0.05, 0) is 38.0 Å². The summed E-state index contributed by atoms with van der Waals surface area (Å²) < 4.78 is 4.98. The van der Waals surface area contributed by atoms with Gasteiger partial charge in [0.05, 0.1) is 6.61 Å². The number of anilines is 1. The van der Waals surface area contributed by atoms with Crippen LogP contribution >= 0.6 is 0 Å². The Kier molecular flexibility index (Phi) is 4.74. The highest BCUT2D eigenvalue weighted by Crippen LogP contribution is 2.30. The molecule has 1 fully saturated rings. The Hall–Kier alpha value is -1.88. The lowest BCUT2D eigenvalue weighted by atomic mass is 10.1. The monoisotopic (exact) mass is 276 g/mol. The summed E-state index contributed by atoms with van der Waals surface area (Å²) in [6, 6.07) is 6.90. The van der Waals surface area contributed by atoms with E-state index in [1.807, 2.05) is 6.92 Å². The molecular formula is C15H20N2O3. The topological polar surface area (TPSA) is 67.4 Å². The van der Waals surface area contributed by atoms with Crippen LogP contribution in [0, 0.1) is 5.92 Å². The molecule has 0 bridgehead atoms. The maximum Gasteiger partial charge on any atom is 0.251 e. The number of benzene rings is 1. The molecule has 0 saturated heterocycles. The first-order chi connectivity index (χ1) is 9.60. The Morgan fingerprint density at radius 3 is 2.80 bits per heavy atom. The van der Waals surface area contributed by atoms with Crippen LogP contribution in [0.1, 0.15) is 30.1 Å². The van der Waals surface area contributed by atoms with Gasteiger partial charge in [-0.25, -0.2) is 0 Å². The summed E-state index contributed by atoms with van der Waals surface area (Å²) in [7, 11) is 1.59. The molecule has 1 atom stereocenters. The number of carbonyl (C=O) groups excluding carboxylic acids is 2. The Morgan fingerprint density at radius 1 is 1.40 bits per heavy atom. The van der Waals surface area contributed by atoms with E-state index >= 15 is 0 Å². The maximum atomic E-state index is 12.0. The first kappa shape index (κ1) is 14.5. The van der Waals surface area contributed by atoms with Gasteiger partial charge < -0.3 is 15.4 Å². The van der Waals surface area contributed by atoms with Gasteiger partial charge in [-0.3, -0.25) is 9.59 Å². The van der Waals surface area contributed by atoms with Gasteiger partial charge in [-0.15, -0.1) is 0 Å². The quantitative estimate of drug-likeness (QED) is 0.832. The second-order valence-corrected chi connectivity index (χ2v) is 5.17. The van der Waals surface area contributed by atoms with Crippen molar-refractivity contribution in [3.8, 4) is 0 Å². The Labute approximate surface area is 118 Å². The zero-order chi connectivity index (χ0) is 14.5. The van der Waals surface area contributed by atoms with Crippen LogP contribution in [0.4, 0.5) is 5.69 Å². The fourth-order valence-electron chi connectivity index (χ4n) is 1.93. The van der Waals surface area contributed by atoms with Crippen molar-refractivity contribution in [2.75, 3.05) is 19.0 Å². The molecular weight excluding hydrogens is 256 g/mol. The van der Waals surface area contributed by atoms with Crippen LogP contribution in [0.15, 0.2) is 24.3 Å². The molecule has 0 spiro atoms. The van der Waals surface area contributed by atoms with E-state index in [4.69, 9.17) is 4.74 Å². The average Bonchev–Trinajstić information content (AvgIpc) is 3.23. The summed E-state index contributed by atoms with van der Waals surface area (Å²) in [4.78, 5) is 23.7. The van der Waals surface area contributed by atoms with Gasteiger partial charge >= 0.3 is 0 Å². The molecule has 1 aromatic rings. The predicted octanol–water partition coefficient (Wildman–Crippen LogP) is 1.80. The smallest absolute Gasteiger partial charge is 0.251 e. The van der Waals surface area contributed by atoms with E-state index in [0.29, 0.717) is 17.9 Å². The van der Waals surface area contributed by atoms with Gasteiger partial charge in [0, 0.05) is 30.3 Å². The molecule has 1 aromatic carbocycles. The Morgan fingerprint density at radius 2 is 2.15 bits per heavy atom. The van der Waals surface area contributed by atoms with Crippen LogP contribution in [-0.4, -0.2) is 31.6 Å². The van der Waals surface area contributed by atoms with E-state index < -0.39 is 0 Å². The summed E-state index contributed by atoms with van der Waals surface area (Å²) in [6.45, 7) is 2.34. The molecule has 2 N–H and O–H groups in total. The Balaban J connectivity index is 1.97. The molecule has 1 aliphatic carbocycles. The van der Waals surface area contributed by atoms with E-state index in [1.54, 1.807) is 31.4 Å².